The number of imide groups is 1. The molecule has 31 heavy (non-hydrogen) atoms. The van der Waals surface area contributed by atoms with Gasteiger partial charge in [0.1, 0.15) is 11.6 Å². The molecule has 2 fully saturated rings. The third-order valence-electron chi connectivity index (χ3n) is 5.52. The normalized spacial score (nSPS) is 17.6. The number of carbonyl (C=O) groups excluding carboxylic acids is 2. The van der Waals surface area contributed by atoms with Crippen molar-refractivity contribution in [1.29, 1.82) is 0 Å². The van der Waals surface area contributed by atoms with Crippen LogP contribution in [0.4, 0.5) is 17.3 Å². The van der Waals surface area contributed by atoms with Crippen molar-refractivity contribution in [3.63, 3.8) is 0 Å². The second-order valence-electron chi connectivity index (χ2n) is 8.37. The summed E-state index contributed by atoms with van der Waals surface area (Å²) in [4.78, 5) is 28.8. The topological polar surface area (TPSA) is 100 Å². The van der Waals surface area contributed by atoms with Gasteiger partial charge in [-0.1, -0.05) is 26.0 Å². The van der Waals surface area contributed by atoms with Gasteiger partial charge in [0.15, 0.2) is 5.65 Å². The molecule has 0 spiro atoms. The molecule has 1 saturated carbocycles. The highest BCUT2D eigenvalue weighted by atomic mass is 16.2. The van der Waals surface area contributed by atoms with Crippen LogP contribution in [0.3, 0.4) is 0 Å². The predicted octanol–water partition coefficient (Wildman–Crippen LogP) is 3.60. The Morgan fingerprint density at radius 3 is 2.77 bits per heavy atom. The summed E-state index contributed by atoms with van der Waals surface area (Å²) in [6.07, 6.45) is 5.67. The first-order valence-corrected chi connectivity index (χ1v) is 10.5. The molecule has 3 N–H and O–H groups in total. The van der Waals surface area contributed by atoms with Gasteiger partial charge in [0.25, 0.3) is 5.91 Å². The molecular formula is C23H24N6O2. The molecule has 0 radical (unpaired) electrons. The number of rotatable bonds is 6. The third kappa shape index (κ3) is 3.88. The molecular weight excluding hydrogens is 392 g/mol. The Morgan fingerprint density at radius 1 is 1.23 bits per heavy atom. The number of nitrogens with zero attached hydrogens (tertiary/aromatic N) is 3. The number of benzene rings is 1. The zero-order valence-corrected chi connectivity index (χ0v) is 17.5. The van der Waals surface area contributed by atoms with Crippen molar-refractivity contribution in [3.8, 4) is 0 Å². The minimum absolute atomic E-state index is 0.0567. The average Bonchev–Trinajstić information content (AvgIpc) is 3.33. The highest BCUT2D eigenvalue weighted by molar-refractivity contribution is 6.16. The highest BCUT2D eigenvalue weighted by Crippen LogP contribution is 2.34. The number of amides is 2. The van der Waals surface area contributed by atoms with Crippen molar-refractivity contribution in [3.05, 3.63) is 53.2 Å². The maximum atomic E-state index is 12.3. The Hall–Kier alpha value is -3.68. The molecule has 0 atom stereocenters. The summed E-state index contributed by atoms with van der Waals surface area (Å²) in [5.74, 6) is 1.11. The second-order valence-corrected chi connectivity index (χ2v) is 8.37. The SMILES string of the molecule is CC(C)c1cccc(Nc2nc3ccnn3c(NC3CC3)c2C=C2CC(=O)NC2=O)c1. The summed E-state index contributed by atoms with van der Waals surface area (Å²) < 4.78 is 1.75. The minimum Gasteiger partial charge on any atom is -0.367 e. The molecule has 8 heteroatoms. The van der Waals surface area contributed by atoms with Crippen LogP contribution < -0.4 is 16.0 Å². The smallest absolute Gasteiger partial charge is 0.254 e. The van der Waals surface area contributed by atoms with Gasteiger partial charge in [-0.25, -0.2) is 4.98 Å². The van der Waals surface area contributed by atoms with E-state index in [1.807, 2.05) is 18.2 Å². The summed E-state index contributed by atoms with van der Waals surface area (Å²) in [5, 5.41) is 13.7. The molecule has 1 saturated heterocycles. The zero-order chi connectivity index (χ0) is 21.5. The Kier molecular flexibility index (Phi) is 4.69. The van der Waals surface area contributed by atoms with Gasteiger partial charge in [0.05, 0.1) is 18.2 Å². The largest absolute Gasteiger partial charge is 0.367 e. The lowest BCUT2D eigenvalue weighted by molar-refractivity contribution is -0.124. The van der Waals surface area contributed by atoms with E-state index in [1.165, 1.54) is 5.56 Å². The summed E-state index contributed by atoms with van der Waals surface area (Å²) in [5.41, 5.74) is 3.94. The second kappa shape index (κ2) is 7.54. The molecule has 1 aliphatic heterocycles. The van der Waals surface area contributed by atoms with Crippen molar-refractivity contribution in [1.82, 2.24) is 19.9 Å². The van der Waals surface area contributed by atoms with Gasteiger partial charge in [-0.15, -0.1) is 0 Å². The van der Waals surface area contributed by atoms with Gasteiger partial charge in [-0.3, -0.25) is 14.9 Å². The van der Waals surface area contributed by atoms with E-state index in [0.717, 1.165) is 24.3 Å². The summed E-state index contributed by atoms with van der Waals surface area (Å²) >= 11 is 0. The number of anilines is 3. The monoisotopic (exact) mass is 416 g/mol. The first-order chi connectivity index (χ1) is 15.0. The standard InChI is InChI=1S/C23H24N6O2/c1-13(2)14-4-3-5-17(10-14)25-21-18(11-15-12-20(30)28-23(15)31)22(26-16-6-7-16)29-19(27-21)8-9-24-29/h3-5,8-11,13,16,26H,6-7,12H2,1-2H3,(H,25,27)(H,28,30,31). The fraction of sp³-hybridized carbons (Fsp3) is 0.304. The van der Waals surface area contributed by atoms with E-state index in [-0.39, 0.29) is 18.2 Å². The van der Waals surface area contributed by atoms with Gasteiger partial charge in [-0.2, -0.15) is 9.61 Å². The van der Waals surface area contributed by atoms with E-state index in [2.05, 4.69) is 47.0 Å². The fourth-order valence-electron chi connectivity index (χ4n) is 3.65. The zero-order valence-electron chi connectivity index (χ0n) is 17.5. The number of hydrogen-bond donors (Lipinski definition) is 3. The molecule has 0 bridgehead atoms. The Balaban J connectivity index is 1.65. The summed E-state index contributed by atoms with van der Waals surface area (Å²) in [7, 11) is 0. The van der Waals surface area contributed by atoms with Crippen LogP contribution in [0.15, 0.2) is 42.1 Å². The lowest BCUT2D eigenvalue weighted by atomic mass is 10.0. The van der Waals surface area contributed by atoms with Crippen LogP contribution in [0.25, 0.3) is 11.7 Å². The molecule has 1 aromatic carbocycles. The van der Waals surface area contributed by atoms with Crippen LogP contribution in [0.2, 0.25) is 0 Å². The van der Waals surface area contributed by atoms with Crippen molar-refractivity contribution in [2.24, 2.45) is 0 Å². The fourth-order valence-corrected chi connectivity index (χ4v) is 3.65. The quantitative estimate of drug-likeness (QED) is 0.419. The van der Waals surface area contributed by atoms with Crippen LogP contribution in [-0.2, 0) is 9.59 Å². The molecule has 2 aromatic heterocycles. The average molecular weight is 416 g/mol. The molecule has 3 aromatic rings. The molecule has 2 aliphatic rings. The van der Waals surface area contributed by atoms with Crippen LogP contribution in [-0.4, -0.2) is 32.5 Å². The lowest BCUT2D eigenvalue weighted by Crippen LogP contribution is -2.19. The lowest BCUT2D eigenvalue weighted by Gasteiger charge is -2.17. The minimum atomic E-state index is -0.365. The van der Waals surface area contributed by atoms with Crippen molar-refractivity contribution in [2.75, 3.05) is 10.6 Å². The maximum absolute atomic E-state index is 12.3. The molecule has 8 nitrogen and oxygen atoms in total. The number of nitrogens with one attached hydrogen (secondary N) is 3. The van der Waals surface area contributed by atoms with Crippen LogP contribution >= 0.6 is 0 Å². The third-order valence-corrected chi connectivity index (χ3v) is 5.52. The summed E-state index contributed by atoms with van der Waals surface area (Å²) in [6.45, 7) is 4.30. The highest BCUT2D eigenvalue weighted by Gasteiger charge is 2.28. The van der Waals surface area contributed by atoms with Crippen LogP contribution in [0.5, 0.6) is 0 Å². The molecule has 5 rings (SSSR count). The first kappa shape index (κ1) is 19.3. The van der Waals surface area contributed by atoms with Crippen LogP contribution in [0.1, 0.15) is 50.2 Å². The number of hydrogen-bond acceptors (Lipinski definition) is 6. The number of fused-ring (bicyclic) bond motifs is 1. The summed E-state index contributed by atoms with van der Waals surface area (Å²) in [6, 6.07) is 10.4. The Bertz CT molecular complexity index is 1220. The van der Waals surface area contributed by atoms with E-state index in [0.29, 0.717) is 34.6 Å². The van der Waals surface area contributed by atoms with Gasteiger partial charge >= 0.3 is 0 Å². The van der Waals surface area contributed by atoms with Gasteiger partial charge in [-0.05, 0) is 42.5 Å². The Morgan fingerprint density at radius 2 is 2.06 bits per heavy atom. The van der Waals surface area contributed by atoms with E-state index in [4.69, 9.17) is 4.98 Å². The number of aromatic nitrogens is 3. The van der Waals surface area contributed by atoms with Crippen LogP contribution in [0, 0.1) is 0 Å². The van der Waals surface area contributed by atoms with Crippen molar-refractivity contribution in [2.45, 2.75) is 45.1 Å². The molecule has 2 amide bonds. The van der Waals surface area contributed by atoms with Gasteiger partial charge in [0, 0.05) is 23.4 Å². The Labute approximate surface area is 179 Å². The van der Waals surface area contributed by atoms with E-state index in [1.54, 1.807) is 16.8 Å². The van der Waals surface area contributed by atoms with Gasteiger partial charge in [0.2, 0.25) is 5.91 Å². The van der Waals surface area contributed by atoms with Crippen molar-refractivity contribution < 1.29 is 9.59 Å². The van der Waals surface area contributed by atoms with Crippen molar-refractivity contribution >= 4 is 40.9 Å². The first-order valence-electron chi connectivity index (χ1n) is 10.5. The molecule has 0 unspecified atom stereocenters. The molecule has 3 heterocycles. The molecule has 1 aliphatic carbocycles. The molecule has 158 valence electrons. The maximum Gasteiger partial charge on any atom is 0.254 e. The number of carbonyl (C=O) groups is 2. The van der Waals surface area contributed by atoms with E-state index >= 15 is 0 Å². The predicted molar refractivity (Wildman–Crippen MR) is 119 cm³/mol. The van der Waals surface area contributed by atoms with E-state index in [9.17, 15) is 9.59 Å². The van der Waals surface area contributed by atoms with E-state index < -0.39 is 0 Å². The van der Waals surface area contributed by atoms with Gasteiger partial charge < -0.3 is 10.6 Å².